The molecule has 2 heterocycles. The second-order valence-corrected chi connectivity index (χ2v) is 17.5. The van der Waals surface area contributed by atoms with Gasteiger partial charge in [0.2, 0.25) is 0 Å². The first-order chi connectivity index (χ1) is 32.2. The van der Waals surface area contributed by atoms with E-state index in [9.17, 15) is 0 Å². The van der Waals surface area contributed by atoms with E-state index in [0.29, 0.717) is 5.92 Å². The number of nitrogens with zero attached hydrogens (tertiary/aromatic N) is 2. The molecule has 3 nitrogen and oxygen atoms in total. The van der Waals surface area contributed by atoms with Crippen molar-refractivity contribution in [1.29, 1.82) is 0 Å². The molecule has 2 aliphatic rings. The van der Waals surface area contributed by atoms with Crippen LogP contribution in [-0.4, -0.2) is 10.6 Å². The Morgan fingerprint density at radius 3 is 2.02 bits per heavy atom. The molecular weight excluding hydrogens is 789 g/mol. The topological polar surface area (TPSA) is 21.3 Å². The molecule has 0 radical (unpaired) electrons. The van der Waals surface area contributed by atoms with Crippen LogP contribution < -0.4 is 4.90 Å². The summed E-state index contributed by atoms with van der Waals surface area (Å²) in [6.07, 6.45) is 18.0. The maximum absolute atomic E-state index is 6.68. The van der Waals surface area contributed by atoms with Gasteiger partial charge in [-0.15, -0.1) is 0 Å². The van der Waals surface area contributed by atoms with Crippen LogP contribution in [-0.2, 0) is 0 Å². The number of hydrogen-bond acceptors (Lipinski definition) is 2. The van der Waals surface area contributed by atoms with E-state index in [4.69, 9.17) is 4.42 Å². The van der Waals surface area contributed by atoms with Crippen LogP contribution in [0, 0.1) is 0 Å². The summed E-state index contributed by atoms with van der Waals surface area (Å²) in [5.41, 5.74) is 13.7. The Hall–Kier alpha value is -8.14. The molecule has 0 fully saturated rings. The fourth-order valence-corrected chi connectivity index (χ4v) is 10.7. The summed E-state index contributed by atoms with van der Waals surface area (Å²) in [6, 6.07) is 68.9. The lowest BCUT2D eigenvalue weighted by molar-refractivity contribution is 0.670. The van der Waals surface area contributed by atoms with Crippen molar-refractivity contribution in [3.05, 3.63) is 242 Å². The van der Waals surface area contributed by atoms with Crippen LogP contribution >= 0.6 is 0 Å². The summed E-state index contributed by atoms with van der Waals surface area (Å²) in [5, 5.41) is 9.80. The van der Waals surface area contributed by atoms with Gasteiger partial charge in [0.05, 0.1) is 22.8 Å². The number of fused-ring (bicyclic) bond motifs is 9. The molecule has 11 aromatic rings. The van der Waals surface area contributed by atoms with E-state index < -0.39 is 0 Å². The number of hydrogen-bond donors (Lipinski definition) is 0. The van der Waals surface area contributed by atoms with Crippen molar-refractivity contribution in [1.82, 2.24) is 4.57 Å². The van der Waals surface area contributed by atoms with Gasteiger partial charge in [-0.2, -0.15) is 0 Å². The Morgan fingerprint density at radius 1 is 0.492 bits per heavy atom. The second-order valence-electron chi connectivity index (χ2n) is 17.5. The lowest BCUT2D eigenvalue weighted by atomic mass is 9.88. The van der Waals surface area contributed by atoms with Gasteiger partial charge in [-0.05, 0) is 88.0 Å². The zero-order valence-corrected chi connectivity index (χ0v) is 35.8. The van der Waals surface area contributed by atoms with Crippen LogP contribution in [0.5, 0.6) is 0 Å². The van der Waals surface area contributed by atoms with Gasteiger partial charge < -0.3 is 13.9 Å². The van der Waals surface area contributed by atoms with Gasteiger partial charge in [0.15, 0.2) is 0 Å². The maximum atomic E-state index is 6.68. The first-order valence-electron chi connectivity index (χ1n) is 22.8. The summed E-state index contributed by atoms with van der Waals surface area (Å²) >= 11 is 0. The first-order valence-corrected chi connectivity index (χ1v) is 22.8. The normalized spacial score (nSPS) is 16.1. The lowest BCUT2D eigenvalue weighted by Gasteiger charge is -2.35. The predicted molar refractivity (Wildman–Crippen MR) is 275 cm³/mol. The number of allylic oxidation sites excluding steroid dienone is 6. The van der Waals surface area contributed by atoms with Gasteiger partial charge in [0.25, 0.3) is 0 Å². The molecule has 3 heteroatoms. The zero-order chi connectivity index (χ0) is 42.8. The van der Waals surface area contributed by atoms with Crippen molar-refractivity contribution in [3.63, 3.8) is 0 Å². The van der Waals surface area contributed by atoms with Crippen molar-refractivity contribution in [2.45, 2.75) is 24.8 Å². The molecule has 308 valence electrons. The average Bonchev–Trinajstić information content (AvgIpc) is 3.93. The fraction of sp³-hybridized carbons (Fsp3) is 0.0645. The fourth-order valence-electron chi connectivity index (χ4n) is 10.7. The minimum absolute atomic E-state index is 0.0304. The third-order valence-corrected chi connectivity index (χ3v) is 13.8. The summed E-state index contributed by atoms with van der Waals surface area (Å²) in [6.45, 7) is 0. The maximum Gasteiger partial charge on any atom is 0.143 e. The SMILES string of the molecule is C1=CCC(c2ccc(C3=CCC(N(c4ccc5c(ccc6ccccc65)c4)c4ccccc4-c4cccc5c4oc4ccccc45)C=C3)c(-n3c4ccccc4c4ccccc43)c2)C=C1. The Kier molecular flexibility index (Phi) is 8.80. The highest BCUT2D eigenvalue weighted by Crippen LogP contribution is 2.45. The molecule has 65 heavy (non-hydrogen) atoms. The average molecular weight is 833 g/mol. The van der Waals surface area contributed by atoms with Crippen LogP contribution in [0.1, 0.15) is 29.9 Å². The molecule has 0 saturated carbocycles. The summed E-state index contributed by atoms with van der Waals surface area (Å²) in [7, 11) is 0. The van der Waals surface area contributed by atoms with Crippen molar-refractivity contribution >= 4 is 82.2 Å². The molecule has 2 unspecified atom stereocenters. The van der Waals surface area contributed by atoms with Crippen LogP contribution in [0.25, 0.3) is 87.7 Å². The van der Waals surface area contributed by atoms with Crippen molar-refractivity contribution in [2.75, 3.05) is 4.90 Å². The highest BCUT2D eigenvalue weighted by molar-refractivity contribution is 6.12. The highest BCUT2D eigenvalue weighted by Gasteiger charge is 2.26. The van der Waals surface area contributed by atoms with E-state index >= 15 is 0 Å². The van der Waals surface area contributed by atoms with E-state index in [1.54, 1.807) is 0 Å². The Bertz CT molecular complexity index is 3760. The van der Waals surface area contributed by atoms with Crippen LogP contribution in [0.15, 0.2) is 235 Å². The van der Waals surface area contributed by atoms with Gasteiger partial charge in [0.1, 0.15) is 11.2 Å². The van der Waals surface area contributed by atoms with Crippen LogP contribution in [0.4, 0.5) is 11.4 Å². The number of furan rings is 1. The molecule has 0 amide bonds. The van der Waals surface area contributed by atoms with E-state index in [2.05, 4.69) is 234 Å². The van der Waals surface area contributed by atoms with E-state index in [1.165, 1.54) is 65.7 Å². The number of para-hydroxylation sites is 5. The molecule has 2 aromatic heterocycles. The predicted octanol–water partition coefficient (Wildman–Crippen LogP) is 16.8. The molecular formula is C62H44N2O. The van der Waals surface area contributed by atoms with Gasteiger partial charge in [-0.25, -0.2) is 0 Å². The smallest absolute Gasteiger partial charge is 0.143 e. The lowest BCUT2D eigenvalue weighted by Crippen LogP contribution is -2.30. The van der Waals surface area contributed by atoms with E-state index in [1.807, 2.05) is 6.07 Å². The van der Waals surface area contributed by atoms with Crippen LogP contribution in [0.3, 0.4) is 0 Å². The van der Waals surface area contributed by atoms with Crippen molar-refractivity contribution in [3.8, 4) is 16.8 Å². The van der Waals surface area contributed by atoms with Crippen LogP contribution in [0.2, 0.25) is 0 Å². The summed E-state index contributed by atoms with van der Waals surface area (Å²) < 4.78 is 9.17. The molecule has 0 N–H and O–H groups in total. The zero-order valence-electron chi connectivity index (χ0n) is 35.8. The third kappa shape index (κ3) is 6.19. The number of anilines is 2. The summed E-state index contributed by atoms with van der Waals surface area (Å²) in [4.78, 5) is 2.55. The minimum atomic E-state index is 0.0304. The Balaban J connectivity index is 0.965. The number of rotatable bonds is 7. The van der Waals surface area contributed by atoms with Gasteiger partial charge in [-0.1, -0.05) is 188 Å². The standard InChI is InChI=1S/C62H44N2O/c1-2-15-41(16-3-1)44-33-37-50(60(40-44)64-58-26-11-6-19-51(58)52-20-7-12-27-59(52)64)43-31-34-46(35-32-43)63(47-36-38-49-45(39-47)30-29-42-17-4-5-18-48(42)49)57-25-10-8-21-53(57)55-23-14-24-56-54-22-9-13-28-61(54)65-62(55)56/h1-15,17-34,36-41,46H,16,35H2. The van der Waals surface area contributed by atoms with E-state index in [-0.39, 0.29) is 6.04 Å². The van der Waals surface area contributed by atoms with Crippen molar-refractivity contribution < 1.29 is 4.42 Å². The number of benzene rings is 9. The molecule has 13 rings (SSSR count). The number of aromatic nitrogens is 1. The van der Waals surface area contributed by atoms with Gasteiger partial charge in [-0.3, -0.25) is 0 Å². The van der Waals surface area contributed by atoms with E-state index in [0.717, 1.165) is 57.3 Å². The molecule has 0 saturated heterocycles. The third-order valence-electron chi connectivity index (χ3n) is 13.8. The van der Waals surface area contributed by atoms with Gasteiger partial charge in [0, 0.05) is 55.5 Å². The quantitative estimate of drug-likeness (QED) is 0.149. The largest absolute Gasteiger partial charge is 0.455 e. The van der Waals surface area contributed by atoms with Gasteiger partial charge >= 0.3 is 0 Å². The molecule has 0 spiro atoms. The molecule has 2 aliphatic carbocycles. The molecule has 2 atom stereocenters. The van der Waals surface area contributed by atoms with Crippen molar-refractivity contribution in [2.24, 2.45) is 0 Å². The Labute approximate surface area is 377 Å². The second kappa shape index (κ2) is 15.3. The highest BCUT2D eigenvalue weighted by atomic mass is 16.3. The molecule has 0 bridgehead atoms. The Morgan fingerprint density at radius 2 is 1.20 bits per heavy atom. The molecule has 0 aliphatic heterocycles. The first kappa shape index (κ1) is 37.4. The monoisotopic (exact) mass is 832 g/mol. The summed E-state index contributed by atoms with van der Waals surface area (Å²) in [5.74, 6) is 0.333. The molecule has 9 aromatic carbocycles. The minimum Gasteiger partial charge on any atom is -0.455 e.